The first-order valence-electron chi connectivity index (χ1n) is 7.30. The van der Waals surface area contributed by atoms with Crippen molar-refractivity contribution in [1.82, 2.24) is 14.7 Å². The Kier molecular flexibility index (Phi) is 4.09. The number of carbonyl (C=O) groups is 2. The van der Waals surface area contributed by atoms with Crippen molar-refractivity contribution in [2.75, 3.05) is 13.1 Å². The van der Waals surface area contributed by atoms with E-state index in [2.05, 4.69) is 5.10 Å². The Balaban J connectivity index is 1.85. The third-order valence-electron chi connectivity index (χ3n) is 4.12. The van der Waals surface area contributed by atoms with E-state index in [1.54, 1.807) is 21.7 Å². The van der Waals surface area contributed by atoms with Crippen LogP contribution < -0.4 is 0 Å². The minimum absolute atomic E-state index is 0.181. The lowest BCUT2D eigenvalue weighted by Crippen LogP contribution is -2.30. The van der Waals surface area contributed by atoms with Gasteiger partial charge in [-0.25, -0.2) is 4.68 Å². The van der Waals surface area contributed by atoms with E-state index in [0.717, 1.165) is 5.69 Å². The van der Waals surface area contributed by atoms with Crippen LogP contribution in [0.1, 0.15) is 22.5 Å². The molecular weight excluding hydrogens is 318 g/mol. The maximum Gasteiger partial charge on any atom is 0.308 e. The summed E-state index contributed by atoms with van der Waals surface area (Å²) < 4.78 is 1.66. The summed E-state index contributed by atoms with van der Waals surface area (Å²) in [6.07, 6.45) is 2.01. The van der Waals surface area contributed by atoms with Crippen molar-refractivity contribution in [3.05, 3.63) is 46.7 Å². The molecular formula is C16H16ClN3O3. The topological polar surface area (TPSA) is 75.4 Å². The second-order valence-corrected chi connectivity index (χ2v) is 6.05. The summed E-state index contributed by atoms with van der Waals surface area (Å²) >= 11 is 5.99. The highest BCUT2D eigenvalue weighted by Gasteiger charge is 2.32. The van der Waals surface area contributed by atoms with Crippen LogP contribution in [0.5, 0.6) is 0 Å². The van der Waals surface area contributed by atoms with Gasteiger partial charge < -0.3 is 10.0 Å². The maximum atomic E-state index is 12.6. The minimum Gasteiger partial charge on any atom is -0.481 e. The van der Waals surface area contributed by atoms with E-state index in [0.29, 0.717) is 29.2 Å². The van der Waals surface area contributed by atoms with E-state index in [1.165, 1.54) is 6.20 Å². The quantitative estimate of drug-likeness (QED) is 0.935. The molecule has 0 aliphatic carbocycles. The monoisotopic (exact) mass is 333 g/mol. The molecule has 1 atom stereocenters. The number of likely N-dealkylation sites (tertiary alicyclic amines) is 1. The number of nitrogens with zero attached hydrogens (tertiary/aromatic N) is 3. The zero-order valence-electron chi connectivity index (χ0n) is 12.6. The van der Waals surface area contributed by atoms with Crippen LogP contribution in [0, 0.1) is 12.8 Å². The molecule has 0 spiro atoms. The fraction of sp³-hybridized carbons (Fsp3) is 0.312. The van der Waals surface area contributed by atoms with Gasteiger partial charge in [-0.1, -0.05) is 17.7 Å². The van der Waals surface area contributed by atoms with E-state index in [9.17, 15) is 9.59 Å². The Morgan fingerprint density at radius 3 is 2.83 bits per heavy atom. The van der Waals surface area contributed by atoms with Gasteiger partial charge in [0.1, 0.15) is 0 Å². The van der Waals surface area contributed by atoms with Crippen molar-refractivity contribution in [1.29, 1.82) is 0 Å². The number of carbonyl (C=O) groups excluding carboxylic acids is 1. The molecule has 1 aromatic carbocycles. The van der Waals surface area contributed by atoms with Gasteiger partial charge in [0.25, 0.3) is 5.91 Å². The predicted octanol–water partition coefficient (Wildman–Crippen LogP) is 2.38. The smallest absolute Gasteiger partial charge is 0.308 e. The number of halogens is 1. The Labute approximate surface area is 138 Å². The van der Waals surface area contributed by atoms with Crippen molar-refractivity contribution >= 4 is 23.5 Å². The molecule has 7 heteroatoms. The van der Waals surface area contributed by atoms with Gasteiger partial charge in [-0.15, -0.1) is 0 Å². The molecule has 0 bridgehead atoms. The van der Waals surface area contributed by atoms with Crippen LogP contribution in [-0.4, -0.2) is 44.8 Å². The first-order valence-corrected chi connectivity index (χ1v) is 7.68. The van der Waals surface area contributed by atoms with Gasteiger partial charge in [-0.2, -0.15) is 5.10 Å². The molecule has 120 valence electrons. The van der Waals surface area contributed by atoms with Gasteiger partial charge in [0.05, 0.1) is 29.1 Å². The van der Waals surface area contributed by atoms with Crippen LogP contribution in [0.3, 0.4) is 0 Å². The highest BCUT2D eigenvalue weighted by molar-refractivity contribution is 6.30. The van der Waals surface area contributed by atoms with Crippen molar-refractivity contribution in [3.8, 4) is 5.69 Å². The molecule has 1 aliphatic rings. The van der Waals surface area contributed by atoms with E-state index < -0.39 is 11.9 Å². The number of aliphatic carboxylic acids is 1. The summed E-state index contributed by atoms with van der Waals surface area (Å²) in [6.45, 7) is 2.51. The molecule has 3 rings (SSSR count). The number of aromatic nitrogens is 2. The Hall–Kier alpha value is -2.34. The molecule has 0 saturated carbocycles. The Bertz CT molecular complexity index is 772. The molecule has 0 radical (unpaired) electrons. The third kappa shape index (κ3) is 2.94. The molecule has 6 nitrogen and oxygen atoms in total. The minimum atomic E-state index is -0.855. The largest absolute Gasteiger partial charge is 0.481 e. The first-order chi connectivity index (χ1) is 11.0. The number of carboxylic acid groups (broad SMARTS) is 1. The Morgan fingerprint density at radius 1 is 1.39 bits per heavy atom. The average Bonchev–Trinajstić information content (AvgIpc) is 3.13. The van der Waals surface area contributed by atoms with Gasteiger partial charge in [-0.05, 0) is 31.5 Å². The predicted molar refractivity (Wildman–Crippen MR) is 85.0 cm³/mol. The van der Waals surface area contributed by atoms with Crippen LogP contribution in [0.15, 0.2) is 30.5 Å². The highest BCUT2D eigenvalue weighted by Crippen LogP contribution is 2.22. The number of carboxylic acids is 1. The molecule has 2 aromatic rings. The lowest BCUT2D eigenvalue weighted by atomic mass is 10.1. The van der Waals surface area contributed by atoms with Crippen LogP contribution >= 0.6 is 11.6 Å². The molecule has 1 aromatic heterocycles. The Morgan fingerprint density at radius 2 is 2.17 bits per heavy atom. The first kappa shape index (κ1) is 15.6. The normalized spacial score (nSPS) is 17.5. The SMILES string of the molecule is Cc1c(C(=O)N2CCC(C(=O)O)C2)cnn1-c1cccc(Cl)c1. The molecule has 23 heavy (non-hydrogen) atoms. The lowest BCUT2D eigenvalue weighted by molar-refractivity contribution is -0.141. The van der Waals surface area contributed by atoms with E-state index >= 15 is 0 Å². The number of hydrogen-bond acceptors (Lipinski definition) is 3. The van der Waals surface area contributed by atoms with Gasteiger partial charge >= 0.3 is 5.97 Å². The zero-order chi connectivity index (χ0) is 16.6. The number of hydrogen-bond donors (Lipinski definition) is 1. The number of rotatable bonds is 3. The second kappa shape index (κ2) is 6.04. The van der Waals surface area contributed by atoms with Crippen LogP contribution in [0.4, 0.5) is 0 Å². The number of amides is 1. The molecule has 1 fully saturated rings. The van der Waals surface area contributed by atoms with Gasteiger partial charge in [0, 0.05) is 18.1 Å². The molecule has 1 N–H and O–H groups in total. The molecule has 1 unspecified atom stereocenters. The zero-order valence-corrected chi connectivity index (χ0v) is 13.3. The summed E-state index contributed by atoms with van der Waals surface area (Å²) in [6, 6.07) is 7.22. The summed E-state index contributed by atoms with van der Waals surface area (Å²) in [7, 11) is 0. The molecule has 2 heterocycles. The summed E-state index contributed by atoms with van der Waals surface area (Å²) in [5, 5.41) is 13.9. The van der Waals surface area contributed by atoms with Crippen LogP contribution in [0.25, 0.3) is 5.69 Å². The fourth-order valence-corrected chi connectivity index (χ4v) is 2.99. The summed E-state index contributed by atoms with van der Waals surface area (Å²) in [5.74, 6) is -1.52. The van der Waals surface area contributed by atoms with Crippen molar-refractivity contribution in [2.24, 2.45) is 5.92 Å². The van der Waals surface area contributed by atoms with Gasteiger partial charge in [0.2, 0.25) is 0 Å². The van der Waals surface area contributed by atoms with Crippen molar-refractivity contribution in [3.63, 3.8) is 0 Å². The third-order valence-corrected chi connectivity index (χ3v) is 4.35. The fourth-order valence-electron chi connectivity index (χ4n) is 2.80. The standard InChI is InChI=1S/C16H16ClN3O3/c1-10-14(15(21)19-6-5-11(9-19)16(22)23)8-18-20(10)13-4-2-3-12(17)7-13/h2-4,7-8,11H,5-6,9H2,1H3,(H,22,23). The molecule has 1 amide bonds. The van der Waals surface area contributed by atoms with Gasteiger partial charge in [-0.3, -0.25) is 9.59 Å². The van der Waals surface area contributed by atoms with Crippen LogP contribution in [0.2, 0.25) is 5.02 Å². The van der Waals surface area contributed by atoms with E-state index in [4.69, 9.17) is 16.7 Å². The molecule has 1 saturated heterocycles. The van der Waals surface area contributed by atoms with Crippen molar-refractivity contribution < 1.29 is 14.7 Å². The van der Waals surface area contributed by atoms with Crippen molar-refractivity contribution in [2.45, 2.75) is 13.3 Å². The van der Waals surface area contributed by atoms with E-state index in [1.807, 2.05) is 19.1 Å². The molecule has 1 aliphatic heterocycles. The lowest BCUT2D eigenvalue weighted by Gasteiger charge is -2.15. The number of benzene rings is 1. The van der Waals surface area contributed by atoms with E-state index in [-0.39, 0.29) is 12.5 Å². The maximum absolute atomic E-state index is 12.6. The summed E-state index contributed by atoms with van der Waals surface area (Å²) in [4.78, 5) is 25.2. The van der Waals surface area contributed by atoms with Crippen LogP contribution in [-0.2, 0) is 4.79 Å². The van der Waals surface area contributed by atoms with Gasteiger partial charge in [0.15, 0.2) is 0 Å². The summed E-state index contributed by atoms with van der Waals surface area (Å²) in [5.41, 5.74) is 1.96. The average molecular weight is 334 g/mol. The highest BCUT2D eigenvalue weighted by atomic mass is 35.5. The second-order valence-electron chi connectivity index (χ2n) is 5.61.